The van der Waals surface area contributed by atoms with Crippen molar-refractivity contribution in [3.05, 3.63) is 46.1 Å². The van der Waals surface area contributed by atoms with Crippen molar-refractivity contribution in [2.24, 2.45) is 0 Å². The summed E-state index contributed by atoms with van der Waals surface area (Å²) in [5, 5.41) is 17.2. The number of nitrogens with one attached hydrogen (secondary N) is 2. The molecule has 0 fully saturated rings. The number of H-pyrrole nitrogens is 1. The van der Waals surface area contributed by atoms with Crippen molar-refractivity contribution in [2.75, 3.05) is 5.32 Å². The molecule has 0 saturated carbocycles. The van der Waals surface area contributed by atoms with E-state index in [-0.39, 0.29) is 23.8 Å². The van der Waals surface area contributed by atoms with Gasteiger partial charge in [-0.25, -0.2) is 4.79 Å². The first-order valence-electron chi connectivity index (χ1n) is 5.37. The summed E-state index contributed by atoms with van der Waals surface area (Å²) in [6.07, 6.45) is 0.189. The van der Waals surface area contributed by atoms with Crippen molar-refractivity contribution < 1.29 is 14.7 Å². The maximum atomic E-state index is 11.7. The van der Waals surface area contributed by atoms with Gasteiger partial charge in [0.15, 0.2) is 5.82 Å². The predicted octanol–water partition coefficient (Wildman–Crippen LogP) is 2.05. The molecule has 6 nitrogen and oxygen atoms in total. The molecule has 3 N–H and O–H groups in total. The molecule has 19 heavy (non-hydrogen) atoms. The Kier molecular flexibility index (Phi) is 3.96. The maximum Gasteiger partial charge on any atom is 0.353 e. The first kappa shape index (κ1) is 13.3. The third kappa shape index (κ3) is 3.65. The molecule has 0 bridgehead atoms. The lowest BCUT2D eigenvalue weighted by molar-refractivity contribution is -0.115. The van der Waals surface area contributed by atoms with Crippen LogP contribution in [0, 0.1) is 0 Å². The number of hydrogen-bond donors (Lipinski definition) is 3. The average Bonchev–Trinajstić information content (AvgIpc) is 2.77. The third-order valence-corrected chi connectivity index (χ3v) is 2.82. The van der Waals surface area contributed by atoms with Crippen LogP contribution in [0.15, 0.2) is 34.8 Å². The number of carboxylic acid groups (broad SMARTS) is 1. The van der Waals surface area contributed by atoms with Gasteiger partial charge in [-0.1, -0.05) is 28.1 Å². The number of benzene rings is 1. The van der Waals surface area contributed by atoms with Crippen molar-refractivity contribution in [1.82, 2.24) is 10.2 Å². The number of carboxylic acids is 1. The minimum Gasteiger partial charge on any atom is -0.477 e. The van der Waals surface area contributed by atoms with Gasteiger partial charge in [0.25, 0.3) is 0 Å². The zero-order chi connectivity index (χ0) is 13.8. The summed E-state index contributed by atoms with van der Waals surface area (Å²) < 4.78 is 0.894. The first-order valence-corrected chi connectivity index (χ1v) is 6.17. The van der Waals surface area contributed by atoms with Crippen LogP contribution in [-0.2, 0) is 11.2 Å². The number of amides is 1. The lowest BCUT2D eigenvalue weighted by atomic mass is 10.1. The highest BCUT2D eigenvalue weighted by atomic mass is 79.9. The fourth-order valence-electron chi connectivity index (χ4n) is 1.51. The summed E-state index contributed by atoms with van der Waals surface area (Å²) >= 11 is 3.32. The van der Waals surface area contributed by atoms with Gasteiger partial charge in [-0.3, -0.25) is 9.89 Å². The highest BCUT2D eigenvalue weighted by Crippen LogP contribution is 2.13. The molecule has 1 heterocycles. The van der Waals surface area contributed by atoms with Gasteiger partial charge in [0, 0.05) is 10.5 Å². The molecule has 2 rings (SSSR count). The van der Waals surface area contributed by atoms with Crippen molar-refractivity contribution in [3.8, 4) is 0 Å². The summed E-state index contributed by atoms with van der Waals surface area (Å²) in [5.74, 6) is -1.20. The van der Waals surface area contributed by atoms with Gasteiger partial charge in [-0.05, 0) is 17.7 Å². The number of anilines is 1. The number of aromatic amines is 1. The van der Waals surface area contributed by atoms with E-state index in [2.05, 4.69) is 31.4 Å². The number of hydrogen-bond acceptors (Lipinski definition) is 3. The highest BCUT2D eigenvalue weighted by molar-refractivity contribution is 9.10. The second-order valence-corrected chi connectivity index (χ2v) is 4.74. The van der Waals surface area contributed by atoms with Gasteiger partial charge in [-0.15, -0.1) is 0 Å². The zero-order valence-corrected chi connectivity index (χ0v) is 11.3. The maximum absolute atomic E-state index is 11.7. The van der Waals surface area contributed by atoms with Gasteiger partial charge >= 0.3 is 5.97 Å². The van der Waals surface area contributed by atoms with E-state index < -0.39 is 5.97 Å². The largest absolute Gasteiger partial charge is 0.477 e. The molecular weight excluding hydrogens is 314 g/mol. The Balaban J connectivity index is 1.99. The van der Waals surface area contributed by atoms with Crippen LogP contribution in [0.4, 0.5) is 5.82 Å². The lowest BCUT2D eigenvalue weighted by Crippen LogP contribution is -2.14. The average molecular weight is 324 g/mol. The van der Waals surface area contributed by atoms with Gasteiger partial charge in [0.2, 0.25) is 5.91 Å². The molecule has 0 atom stereocenters. The minimum atomic E-state index is -1.13. The number of halogens is 1. The predicted molar refractivity (Wildman–Crippen MR) is 72.0 cm³/mol. The van der Waals surface area contributed by atoms with E-state index in [0.29, 0.717) is 0 Å². The molecule has 1 aromatic heterocycles. The molecule has 98 valence electrons. The molecule has 2 aromatic rings. The van der Waals surface area contributed by atoms with E-state index in [9.17, 15) is 9.59 Å². The Morgan fingerprint density at radius 2 is 2.16 bits per heavy atom. The molecular formula is C12H10BrN3O3. The van der Waals surface area contributed by atoms with Crippen LogP contribution in [0.3, 0.4) is 0 Å². The minimum absolute atomic E-state index is 0.0715. The Morgan fingerprint density at radius 3 is 2.79 bits per heavy atom. The Morgan fingerprint density at radius 1 is 1.37 bits per heavy atom. The molecule has 0 aliphatic rings. The van der Waals surface area contributed by atoms with Crippen molar-refractivity contribution >= 4 is 33.6 Å². The standard InChI is InChI=1S/C12H10BrN3O3/c13-8-3-1-2-7(4-8)5-11(17)14-10-6-9(12(18)19)15-16-10/h1-4,6H,5H2,(H,18,19)(H2,14,15,16,17). The van der Waals surface area contributed by atoms with Gasteiger partial charge < -0.3 is 10.4 Å². The van der Waals surface area contributed by atoms with E-state index in [1.54, 1.807) is 0 Å². The Labute approximate surface area is 117 Å². The van der Waals surface area contributed by atoms with E-state index in [1.807, 2.05) is 24.3 Å². The topological polar surface area (TPSA) is 95.1 Å². The molecule has 0 unspecified atom stereocenters. The quantitative estimate of drug-likeness (QED) is 0.802. The fraction of sp³-hybridized carbons (Fsp3) is 0.0833. The summed E-state index contributed by atoms with van der Waals surface area (Å²) in [6, 6.07) is 8.64. The second kappa shape index (κ2) is 5.66. The van der Waals surface area contributed by atoms with Crippen LogP contribution >= 0.6 is 15.9 Å². The van der Waals surface area contributed by atoms with Crippen molar-refractivity contribution in [2.45, 2.75) is 6.42 Å². The highest BCUT2D eigenvalue weighted by Gasteiger charge is 2.10. The van der Waals surface area contributed by atoms with Crippen molar-refractivity contribution in [3.63, 3.8) is 0 Å². The summed E-state index contributed by atoms with van der Waals surface area (Å²) in [7, 11) is 0. The second-order valence-electron chi connectivity index (χ2n) is 3.83. The van der Waals surface area contributed by atoms with Crippen LogP contribution in [0.25, 0.3) is 0 Å². The molecule has 7 heteroatoms. The number of nitrogens with zero attached hydrogens (tertiary/aromatic N) is 1. The van der Waals surface area contributed by atoms with Gasteiger partial charge in [0.1, 0.15) is 5.69 Å². The molecule has 0 saturated heterocycles. The smallest absolute Gasteiger partial charge is 0.353 e. The van der Waals surface area contributed by atoms with Crippen LogP contribution in [0.2, 0.25) is 0 Å². The molecule has 1 aromatic carbocycles. The Hall–Kier alpha value is -2.15. The van der Waals surface area contributed by atoms with Crippen molar-refractivity contribution in [1.29, 1.82) is 0 Å². The Bertz CT molecular complexity index is 624. The van der Waals surface area contributed by atoms with Crippen LogP contribution < -0.4 is 5.32 Å². The number of aromatic nitrogens is 2. The van der Waals surface area contributed by atoms with Crippen LogP contribution in [0.5, 0.6) is 0 Å². The van der Waals surface area contributed by atoms with Crippen LogP contribution in [0.1, 0.15) is 16.1 Å². The number of carbonyl (C=O) groups excluding carboxylic acids is 1. The SMILES string of the molecule is O=C(Cc1cccc(Br)c1)Nc1cc(C(=O)O)[nH]n1. The van der Waals surface area contributed by atoms with E-state index in [1.165, 1.54) is 6.07 Å². The van der Waals surface area contributed by atoms with E-state index >= 15 is 0 Å². The van der Waals surface area contributed by atoms with E-state index in [4.69, 9.17) is 5.11 Å². The third-order valence-electron chi connectivity index (χ3n) is 2.33. The summed E-state index contributed by atoms with van der Waals surface area (Å²) in [6.45, 7) is 0. The molecule has 0 aliphatic carbocycles. The molecule has 0 radical (unpaired) electrons. The van der Waals surface area contributed by atoms with Crippen LogP contribution in [-0.4, -0.2) is 27.2 Å². The van der Waals surface area contributed by atoms with Gasteiger partial charge in [0.05, 0.1) is 6.42 Å². The summed E-state index contributed by atoms with van der Waals surface area (Å²) in [5.41, 5.74) is 0.777. The molecule has 0 aliphatic heterocycles. The molecule has 1 amide bonds. The molecule has 0 spiro atoms. The number of aromatic carboxylic acids is 1. The van der Waals surface area contributed by atoms with E-state index in [0.717, 1.165) is 10.0 Å². The lowest BCUT2D eigenvalue weighted by Gasteiger charge is -2.02. The van der Waals surface area contributed by atoms with Gasteiger partial charge in [-0.2, -0.15) is 5.10 Å². The normalized spacial score (nSPS) is 10.2. The first-order chi connectivity index (χ1) is 9.04. The summed E-state index contributed by atoms with van der Waals surface area (Å²) in [4.78, 5) is 22.4. The monoisotopic (exact) mass is 323 g/mol. The number of carbonyl (C=O) groups is 2. The number of rotatable bonds is 4. The fourth-order valence-corrected chi connectivity index (χ4v) is 1.96. The zero-order valence-electron chi connectivity index (χ0n) is 9.68.